The number of rotatable bonds is 6. The SMILES string of the molecule is COc1cc(/C=C(\C#N)c2nc3ccccc3[nH]2)ccc1OS(=O)(=O)c1ccccc1. The molecule has 4 rings (SSSR count). The topological polar surface area (TPSA) is 105 Å². The molecule has 0 aliphatic carbocycles. The van der Waals surface area contributed by atoms with Gasteiger partial charge in [0.05, 0.1) is 23.7 Å². The van der Waals surface area contributed by atoms with Crippen LogP contribution in [0.2, 0.25) is 0 Å². The minimum atomic E-state index is -4.01. The van der Waals surface area contributed by atoms with Gasteiger partial charge in [-0.3, -0.25) is 0 Å². The van der Waals surface area contributed by atoms with E-state index in [0.717, 1.165) is 11.0 Å². The van der Waals surface area contributed by atoms with E-state index >= 15 is 0 Å². The second-order valence-electron chi connectivity index (χ2n) is 6.53. The van der Waals surface area contributed by atoms with Crippen LogP contribution in [0.3, 0.4) is 0 Å². The van der Waals surface area contributed by atoms with Crippen LogP contribution >= 0.6 is 0 Å². The molecule has 8 heteroatoms. The number of aromatic amines is 1. The van der Waals surface area contributed by atoms with Crippen LogP contribution < -0.4 is 8.92 Å². The Kier molecular flexibility index (Phi) is 5.43. The molecule has 4 aromatic rings. The molecule has 3 aromatic carbocycles. The van der Waals surface area contributed by atoms with Crippen molar-refractivity contribution in [3.63, 3.8) is 0 Å². The number of nitriles is 1. The van der Waals surface area contributed by atoms with Crippen LogP contribution in [0.1, 0.15) is 11.4 Å². The van der Waals surface area contributed by atoms with Crippen molar-refractivity contribution in [2.75, 3.05) is 7.11 Å². The Hall–Kier alpha value is -4.09. The highest BCUT2D eigenvalue weighted by Gasteiger charge is 2.19. The number of fused-ring (bicyclic) bond motifs is 1. The second-order valence-corrected chi connectivity index (χ2v) is 8.08. The predicted molar refractivity (Wildman–Crippen MR) is 117 cm³/mol. The molecule has 0 atom stereocenters. The van der Waals surface area contributed by atoms with Gasteiger partial charge in [-0.1, -0.05) is 36.4 Å². The normalized spacial score (nSPS) is 11.8. The molecule has 1 N–H and O–H groups in total. The second kappa shape index (κ2) is 8.34. The zero-order valence-corrected chi connectivity index (χ0v) is 17.3. The summed E-state index contributed by atoms with van der Waals surface area (Å²) in [7, 11) is -2.60. The summed E-state index contributed by atoms with van der Waals surface area (Å²) in [4.78, 5) is 7.60. The van der Waals surface area contributed by atoms with Gasteiger partial charge in [-0.15, -0.1) is 0 Å². The number of hydrogen-bond donors (Lipinski definition) is 1. The van der Waals surface area contributed by atoms with Crippen molar-refractivity contribution in [1.29, 1.82) is 5.26 Å². The van der Waals surface area contributed by atoms with Gasteiger partial charge in [-0.05, 0) is 48.0 Å². The predicted octanol–water partition coefficient (Wildman–Crippen LogP) is 4.40. The molecule has 0 radical (unpaired) electrons. The van der Waals surface area contributed by atoms with Crippen molar-refractivity contribution in [1.82, 2.24) is 9.97 Å². The Morgan fingerprint density at radius 1 is 1.03 bits per heavy atom. The molecule has 0 aliphatic rings. The van der Waals surface area contributed by atoms with Crippen molar-refractivity contribution in [2.24, 2.45) is 0 Å². The fraction of sp³-hybridized carbons (Fsp3) is 0.0435. The van der Waals surface area contributed by atoms with E-state index in [-0.39, 0.29) is 16.4 Å². The molecule has 0 unspecified atom stereocenters. The van der Waals surface area contributed by atoms with E-state index in [0.29, 0.717) is 17.0 Å². The highest BCUT2D eigenvalue weighted by atomic mass is 32.2. The highest BCUT2D eigenvalue weighted by molar-refractivity contribution is 7.87. The lowest BCUT2D eigenvalue weighted by molar-refractivity contribution is 0.390. The van der Waals surface area contributed by atoms with Crippen LogP contribution in [0.25, 0.3) is 22.7 Å². The third kappa shape index (κ3) is 4.27. The largest absolute Gasteiger partial charge is 0.493 e. The van der Waals surface area contributed by atoms with Crippen LogP contribution in [0, 0.1) is 11.3 Å². The monoisotopic (exact) mass is 431 g/mol. The van der Waals surface area contributed by atoms with E-state index in [1.807, 2.05) is 24.3 Å². The molecule has 1 aromatic heterocycles. The summed E-state index contributed by atoms with van der Waals surface area (Å²) in [5.41, 5.74) is 2.53. The number of nitrogens with one attached hydrogen (secondary N) is 1. The molecule has 0 spiro atoms. The maximum absolute atomic E-state index is 12.5. The summed E-state index contributed by atoms with van der Waals surface area (Å²) >= 11 is 0. The van der Waals surface area contributed by atoms with Crippen molar-refractivity contribution in [3.8, 4) is 17.6 Å². The first kappa shape index (κ1) is 20.2. The zero-order valence-electron chi connectivity index (χ0n) is 16.4. The molecular weight excluding hydrogens is 414 g/mol. The molecule has 0 amide bonds. The van der Waals surface area contributed by atoms with E-state index in [2.05, 4.69) is 16.0 Å². The van der Waals surface area contributed by atoms with Gasteiger partial charge in [-0.2, -0.15) is 13.7 Å². The average molecular weight is 431 g/mol. The van der Waals surface area contributed by atoms with Crippen LogP contribution in [-0.2, 0) is 10.1 Å². The molecule has 0 fully saturated rings. The molecule has 154 valence electrons. The van der Waals surface area contributed by atoms with Gasteiger partial charge in [0, 0.05) is 0 Å². The maximum atomic E-state index is 12.5. The van der Waals surface area contributed by atoms with Gasteiger partial charge in [0.1, 0.15) is 16.8 Å². The number of allylic oxidation sites excluding steroid dienone is 1. The lowest BCUT2D eigenvalue weighted by Crippen LogP contribution is -2.10. The van der Waals surface area contributed by atoms with E-state index in [9.17, 15) is 13.7 Å². The number of ether oxygens (including phenoxy) is 1. The molecule has 0 bridgehead atoms. The highest BCUT2D eigenvalue weighted by Crippen LogP contribution is 2.32. The summed E-state index contributed by atoms with van der Waals surface area (Å²) in [5, 5.41) is 9.61. The number of aromatic nitrogens is 2. The molecule has 0 saturated carbocycles. The van der Waals surface area contributed by atoms with Crippen molar-refractivity contribution < 1.29 is 17.3 Å². The summed E-state index contributed by atoms with van der Waals surface area (Å²) in [6, 6.07) is 22.2. The Labute approximate surface area is 179 Å². The molecule has 7 nitrogen and oxygen atoms in total. The first-order valence-corrected chi connectivity index (χ1v) is 10.7. The maximum Gasteiger partial charge on any atom is 0.339 e. The summed E-state index contributed by atoms with van der Waals surface area (Å²) in [5.74, 6) is 0.704. The Morgan fingerprint density at radius 3 is 2.48 bits per heavy atom. The summed E-state index contributed by atoms with van der Waals surface area (Å²) in [6.07, 6.45) is 1.63. The summed E-state index contributed by atoms with van der Waals surface area (Å²) < 4.78 is 35.6. The number of H-pyrrole nitrogens is 1. The molecule has 1 heterocycles. The number of hydrogen-bond acceptors (Lipinski definition) is 6. The van der Waals surface area contributed by atoms with Crippen molar-refractivity contribution in [2.45, 2.75) is 4.90 Å². The molecule has 31 heavy (non-hydrogen) atoms. The Morgan fingerprint density at radius 2 is 1.77 bits per heavy atom. The van der Waals surface area contributed by atoms with E-state index in [1.54, 1.807) is 36.4 Å². The van der Waals surface area contributed by atoms with Gasteiger partial charge in [-0.25, -0.2) is 4.98 Å². The van der Waals surface area contributed by atoms with Crippen LogP contribution in [0.4, 0.5) is 0 Å². The number of imidazole rings is 1. The average Bonchev–Trinajstić information content (AvgIpc) is 3.22. The minimum Gasteiger partial charge on any atom is -0.493 e. The number of para-hydroxylation sites is 2. The molecule has 0 aliphatic heterocycles. The van der Waals surface area contributed by atoms with Crippen LogP contribution in [0.5, 0.6) is 11.5 Å². The minimum absolute atomic E-state index is 0.0395. The van der Waals surface area contributed by atoms with E-state index < -0.39 is 10.1 Å². The zero-order chi connectivity index (χ0) is 21.8. The van der Waals surface area contributed by atoms with E-state index in [4.69, 9.17) is 8.92 Å². The van der Waals surface area contributed by atoms with Crippen LogP contribution in [0.15, 0.2) is 77.7 Å². The number of methoxy groups -OCH3 is 1. The quantitative estimate of drug-likeness (QED) is 0.358. The van der Waals surface area contributed by atoms with Gasteiger partial charge in [0.25, 0.3) is 0 Å². The van der Waals surface area contributed by atoms with Gasteiger partial charge in [0.15, 0.2) is 11.5 Å². The fourth-order valence-corrected chi connectivity index (χ4v) is 3.96. The number of benzene rings is 3. The first-order chi connectivity index (χ1) is 15.0. The van der Waals surface area contributed by atoms with Gasteiger partial charge < -0.3 is 13.9 Å². The third-order valence-corrected chi connectivity index (χ3v) is 5.74. The summed E-state index contributed by atoms with van der Waals surface area (Å²) in [6.45, 7) is 0. The number of nitrogens with zero attached hydrogens (tertiary/aromatic N) is 2. The lowest BCUT2D eigenvalue weighted by Gasteiger charge is -2.11. The van der Waals surface area contributed by atoms with Gasteiger partial charge >= 0.3 is 10.1 Å². The third-order valence-electron chi connectivity index (χ3n) is 4.50. The molecule has 0 saturated heterocycles. The van der Waals surface area contributed by atoms with E-state index in [1.165, 1.54) is 25.3 Å². The first-order valence-electron chi connectivity index (χ1n) is 9.24. The standard InChI is InChI=1S/C23H17N3O4S/c1-29-22-14-16(11-12-21(22)30-31(27,28)18-7-3-2-4-8-18)13-17(15-24)23-25-19-9-5-6-10-20(19)26-23/h2-14H,1H3,(H,25,26)/b17-13+. The van der Waals surface area contributed by atoms with Crippen molar-refractivity contribution >= 4 is 32.8 Å². The fourth-order valence-electron chi connectivity index (χ4n) is 3.00. The Balaban J connectivity index is 1.66. The smallest absolute Gasteiger partial charge is 0.339 e. The van der Waals surface area contributed by atoms with Crippen LogP contribution in [-0.4, -0.2) is 25.5 Å². The van der Waals surface area contributed by atoms with Crippen molar-refractivity contribution in [3.05, 3.63) is 84.2 Å². The Bertz CT molecular complexity index is 1390. The molecular formula is C23H17N3O4S. The van der Waals surface area contributed by atoms with Gasteiger partial charge in [0.2, 0.25) is 0 Å². The lowest BCUT2D eigenvalue weighted by atomic mass is 10.1.